The Kier molecular flexibility index (Phi) is 5.14. The summed E-state index contributed by atoms with van der Waals surface area (Å²) in [7, 11) is 0. The number of carbonyl (C=O) groups excluding carboxylic acids is 1. The topological polar surface area (TPSA) is 68.5 Å². The zero-order chi connectivity index (χ0) is 17.6. The van der Waals surface area contributed by atoms with Crippen molar-refractivity contribution >= 4 is 22.6 Å². The fraction of sp³-hybridized carbons (Fsp3) is 0.200. The van der Waals surface area contributed by atoms with Crippen LogP contribution in [0, 0.1) is 6.26 Å². The van der Waals surface area contributed by atoms with E-state index in [0.29, 0.717) is 28.8 Å². The lowest BCUT2D eigenvalue weighted by Gasteiger charge is -2.08. The first-order chi connectivity index (χ1) is 12.2. The van der Waals surface area contributed by atoms with E-state index in [1.165, 1.54) is 6.07 Å². The Balaban J connectivity index is 1.76. The van der Waals surface area contributed by atoms with Gasteiger partial charge in [0.25, 0.3) is 5.91 Å². The maximum Gasteiger partial charge on any atom is 0.255 e. The highest BCUT2D eigenvalue weighted by molar-refractivity contribution is 6.07. The number of rotatable bonds is 6. The van der Waals surface area contributed by atoms with Gasteiger partial charge < -0.3 is 14.5 Å². The zero-order valence-corrected chi connectivity index (χ0v) is 13.9. The fourth-order valence-corrected chi connectivity index (χ4v) is 2.39. The minimum absolute atomic E-state index is 0.203. The molecule has 0 unspecified atom stereocenters. The molecule has 0 aliphatic rings. The predicted molar refractivity (Wildman–Crippen MR) is 96.1 cm³/mol. The minimum atomic E-state index is -0.292. The van der Waals surface area contributed by atoms with Gasteiger partial charge in [0.05, 0.1) is 17.7 Å². The number of hydrogen-bond acceptors (Lipinski definition) is 4. The van der Waals surface area contributed by atoms with Gasteiger partial charge in [0, 0.05) is 11.6 Å². The van der Waals surface area contributed by atoms with Gasteiger partial charge in [0.15, 0.2) is 17.3 Å². The second kappa shape index (κ2) is 7.66. The molecule has 5 nitrogen and oxygen atoms in total. The lowest BCUT2D eigenvalue weighted by atomic mass is 10.1. The van der Waals surface area contributed by atoms with Crippen molar-refractivity contribution in [2.24, 2.45) is 0 Å². The lowest BCUT2D eigenvalue weighted by molar-refractivity contribution is 0.102. The van der Waals surface area contributed by atoms with Gasteiger partial charge in [-0.1, -0.05) is 19.4 Å². The first kappa shape index (κ1) is 16.8. The zero-order valence-electron chi connectivity index (χ0n) is 13.9. The van der Waals surface area contributed by atoms with Gasteiger partial charge in [0.2, 0.25) is 0 Å². The molecule has 3 aromatic rings. The molecule has 1 heterocycles. The van der Waals surface area contributed by atoms with Crippen molar-refractivity contribution in [3.05, 3.63) is 70.6 Å². The van der Waals surface area contributed by atoms with Crippen LogP contribution in [0.15, 0.2) is 57.7 Å². The average Bonchev–Trinajstić information content (AvgIpc) is 2.63. The summed E-state index contributed by atoms with van der Waals surface area (Å²) in [6.07, 6.45) is 4.49. The Hall–Kier alpha value is -3.08. The fourth-order valence-electron chi connectivity index (χ4n) is 2.39. The number of benzene rings is 2. The van der Waals surface area contributed by atoms with E-state index >= 15 is 0 Å². The van der Waals surface area contributed by atoms with Gasteiger partial charge in [0.1, 0.15) is 5.75 Å². The molecule has 0 fully saturated rings. The van der Waals surface area contributed by atoms with E-state index in [0.717, 1.165) is 18.6 Å². The number of para-hydroxylation sites is 1. The van der Waals surface area contributed by atoms with Gasteiger partial charge in [-0.25, -0.2) is 0 Å². The molecule has 0 saturated carbocycles. The summed E-state index contributed by atoms with van der Waals surface area (Å²) in [5.74, 6) is 0.440. The van der Waals surface area contributed by atoms with E-state index in [9.17, 15) is 9.59 Å². The summed E-state index contributed by atoms with van der Waals surface area (Å²) >= 11 is 0. The highest BCUT2D eigenvalue weighted by Crippen LogP contribution is 2.21. The average molecular weight is 336 g/mol. The largest absolute Gasteiger partial charge is 0.494 e. The first-order valence-corrected chi connectivity index (χ1v) is 8.16. The smallest absolute Gasteiger partial charge is 0.255 e. The normalized spacial score (nSPS) is 10.6. The van der Waals surface area contributed by atoms with Crippen molar-refractivity contribution in [1.82, 2.24) is 0 Å². The maximum absolute atomic E-state index is 12.4. The molecule has 0 spiro atoms. The van der Waals surface area contributed by atoms with Crippen LogP contribution in [0.5, 0.6) is 5.75 Å². The number of fused-ring (bicyclic) bond motifs is 1. The molecule has 0 atom stereocenters. The molecule has 0 bridgehead atoms. The third-order valence-corrected chi connectivity index (χ3v) is 3.76. The van der Waals surface area contributed by atoms with Crippen molar-refractivity contribution in [1.29, 1.82) is 0 Å². The molecule has 0 saturated heterocycles. The highest BCUT2D eigenvalue weighted by Gasteiger charge is 2.11. The quantitative estimate of drug-likeness (QED) is 0.690. The Morgan fingerprint density at radius 2 is 2.00 bits per heavy atom. The molecule has 2 aromatic carbocycles. The summed E-state index contributed by atoms with van der Waals surface area (Å²) in [5, 5.41) is 3.17. The minimum Gasteiger partial charge on any atom is -0.494 e. The Morgan fingerprint density at radius 3 is 2.76 bits per heavy atom. The SMILES string of the molecule is CCCCOc1ccc(C(=O)Nc2cccc3c(=O)c[c]oc23)cc1. The van der Waals surface area contributed by atoms with Crippen LogP contribution >= 0.6 is 0 Å². The summed E-state index contributed by atoms with van der Waals surface area (Å²) in [4.78, 5) is 24.2. The van der Waals surface area contributed by atoms with Gasteiger partial charge in [-0.05, 0) is 42.8 Å². The molecular formula is C20H18NO4. The van der Waals surface area contributed by atoms with Gasteiger partial charge >= 0.3 is 0 Å². The summed E-state index contributed by atoms with van der Waals surface area (Å²) < 4.78 is 10.9. The summed E-state index contributed by atoms with van der Waals surface area (Å²) in [6, 6.07) is 13.2. The van der Waals surface area contributed by atoms with E-state index in [1.807, 2.05) is 0 Å². The van der Waals surface area contributed by atoms with E-state index in [2.05, 4.69) is 18.5 Å². The third kappa shape index (κ3) is 3.88. The molecule has 0 aliphatic carbocycles. The molecular weight excluding hydrogens is 318 g/mol. The number of hydrogen-bond donors (Lipinski definition) is 1. The highest BCUT2D eigenvalue weighted by atomic mass is 16.5. The molecule has 127 valence electrons. The molecule has 0 aliphatic heterocycles. The number of nitrogens with one attached hydrogen (secondary N) is 1. The molecule has 3 rings (SSSR count). The standard InChI is InChI=1S/C20H18NO4/c1-2-3-12-24-15-9-7-14(8-10-15)20(23)21-17-6-4-5-16-18(22)11-13-25-19(16)17/h4-11H,2-3,12H2,1H3,(H,21,23). The number of anilines is 1. The lowest BCUT2D eigenvalue weighted by Crippen LogP contribution is -2.12. The van der Waals surface area contributed by atoms with E-state index in [1.54, 1.807) is 42.5 Å². The Bertz CT molecular complexity index is 928. The van der Waals surface area contributed by atoms with Crippen LogP contribution in [0.3, 0.4) is 0 Å². The van der Waals surface area contributed by atoms with Crippen LogP contribution in [0.4, 0.5) is 5.69 Å². The Morgan fingerprint density at radius 1 is 1.20 bits per heavy atom. The van der Waals surface area contributed by atoms with Crippen molar-refractivity contribution < 1.29 is 13.9 Å². The molecule has 5 heteroatoms. The second-order valence-electron chi connectivity index (χ2n) is 5.59. The van der Waals surface area contributed by atoms with Crippen molar-refractivity contribution in [3.8, 4) is 5.75 Å². The van der Waals surface area contributed by atoms with E-state index in [-0.39, 0.29) is 11.3 Å². The van der Waals surface area contributed by atoms with Crippen molar-refractivity contribution in [3.63, 3.8) is 0 Å². The molecule has 1 N–H and O–H groups in total. The van der Waals surface area contributed by atoms with Crippen LogP contribution in [0.2, 0.25) is 0 Å². The van der Waals surface area contributed by atoms with Crippen LogP contribution < -0.4 is 15.5 Å². The van der Waals surface area contributed by atoms with E-state index < -0.39 is 0 Å². The Labute approximate surface area is 145 Å². The first-order valence-electron chi connectivity index (χ1n) is 8.16. The number of ether oxygens (including phenoxy) is 1. The number of amides is 1. The van der Waals surface area contributed by atoms with Crippen LogP contribution in [-0.4, -0.2) is 12.5 Å². The van der Waals surface area contributed by atoms with Crippen molar-refractivity contribution in [2.45, 2.75) is 19.8 Å². The molecule has 25 heavy (non-hydrogen) atoms. The summed E-state index contributed by atoms with van der Waals surface area (Å²) in [6.45, 7) is 2.76. The van der Waals surface area contributed by atoms with Crippen LogP contribution in [0.1, 0.15) is 30.1 Å². The number of unbranched alkanes of at least 4 members (excludes halogenated alkanes) is 1. The molecule has 1 radical (unpaired) electrons. The predicted octanol–water partition coefficient (Wildman–Crippen LogP) is 4.02. The van der Waals surface area contributed by atoms with Gasteiger partial charge in [-0.3, -0.25) is 9.59 Å². The van der Waals surface area contributed by atoms with Gasteiger partial charge in [-0.15, -0.1) is 0 Å². The van der Waals surface area contributed by atoms with Gasteiger partial charge in [-0.2, -0.15) is 0 Å². The van der Waals surface area contributed by atoms with Crippen LogP contribution in [-0.2, 0) is 0 Å². The summed E-state index contributed by atoms with van der Waals surface area (Å²) in [5.41, 5.74) is 1.02. The van der Waals surface area contributed by atoms with Crippen LogP contribution in [0.25, 0.3) is 11.0 Å². The van der Waals surface area contributed by atoms with Crippen molar-refractivity contribution in [2.75, 3.05) is 11.9 Å². The molecule has 1 aromatic heterocycles. The second-order valence-corrected chi connectivity index (χ2v) is 5.59. The maximum atomic E-state index is 12.4. The third-order valence-electron chi connectivity index (χ3n) is 3.76. The molecule has 1 amide bonds. The monoisotopic (exact) mass is 336 g/mol. The van der Waals surface area contributed by atoms with E-state index in [4.69, 9.17) is 9.15 Å². The number of carbonyl (C=O) groups is 1.